The topological polar surface area (TPSA) is 118 Å². The number of carboxylic acid groups (broad SMARTS) is 1. The maximum absolute atomic E-state index is 12.2. The first-order valence-electron chi connectivity index (χ1n) is 13.7. The molecule has 0 fully saturated rings. The number of esters is 1. The van der Waals surface area contributed by atoms with Gasteiger partial charge in [-0.25, -0.2) is 0 Å². The van der Waals surface area contributed by atoms with Gasteiger partial charge in [-0.3, -0.25) is 14.1 Å². The van der Waals surface area contributed by atoms with Crippen molar-refractivity contribution < 1.29 is 63.4 Å². The summed E-state index contributed by atoms with van der Waals surface area (Å²) in [7, 11) is -4.89. The van der Waals surface area contributed by atoms with Gasteiger partial charge in [-0.05, 0) is 24.5 Å². The van der Waals surface area contributed by atoms with Crippen LogP contribution >= 0.6 is 0 Å². The number of carbonyl (C=O) groups excluding carboxylic acids is 1. The molecule has 1 aromatic carbocycles. The third-order valence-electron chi connectivity index (χ3n) is 6.47. The van der Waals surface area contributed by atoms with Gasteiger partial charge < -0.3 is 11.3 Å². The Hall–Kier alpha value is -0.930. The fraction of sp³-hybridized carbons (Fsp3) is 0.714. The molecule has 0 amide bonds. The zero-order chi connectivity index (χ0) is 26.7. The Labute approximate surface area is 247 Å². The first-order valence-corrected chi connectivity index (χ1v) is 15.2. The van der Waals surface area contributed by atoms with Gasteiger partial charge in [-0.15, -0.1) is 0 Å². The van der Waals surface area contributed by atoms with Crippen molar-refractivity contribution in [1.29, 1.82) is 0 Å². The summed E-state index contributed by atoms with van der Waals surface area (Å²) >= 11 is 0. The van der Waals surface area contributed by atoms with E-state index in [2.05, 4.69) is 6.92 Å². The second-order valence-electron chi connectivity index (χ2n) is 9.68. The SMILES string of the molecule is CCCCCCCCCCCCCCCCCCc1ccccc1OC(=O)C(CC(=O)O)S(=O)(=O)O.[H-].[Na+]. The van der Waals surface area contributed by atoms with E-state index < -0.39 is 33.7 Å². The van der Waals surface area contributed by atoms with Crippen LogP contribution < -0.4 is 34.3 Å². The number of carboxylic acids is 1. The number of rotatable bonds is 22. The van der Waals surface area contributed by atoms with Crippen molar-refractivity contribution in [1.82, 2.24) is 0 Å². The van der Waals surface area contributed by atoms with E-state index in [0.717, 1.165) is 24.8 Å². The summed E-state index contributed by atoms with van der Waals surface area (Å²) in [6.07, 6.45) is 20.1. The van der Waals surface area contributed by atoms with Crippen LogP contribution in [0.15, 0.2) is 24.3 Å². The number of carbonyl (C=O) groups is 2. The minimum Gasteiger partial charge on any atom is -1.00 e. The number of para-hydroxylation sites is 1. The molecule has 37 heavy (non-hydrogen) atoms. The molecule has 208 valence electrons. The Bertz CT molecular complexity index is 865. The van der Waals surface area contributed by atoms with Crippen molar-refractivity contribution in [2.24, 2.45) is 0 Å². The minimum atomic E-state index is -4.89. The van der Waals surface area contributed by atoms with E-state index in [4.69, 9.17) is 9.84 Å². The fourth-order valence-electron chi connectivity index (χ4n) is 4.32. The summed E-state index contributed by atoms with van der Waals surface area (Å²) in [4.78, 5) is 23.1. The van der Waals surface area contributed by atoms with E-state index >= 15 is 0 Å². The normalized spacial score (nSPS) is 12.1. The van der Waals surface area contributed by atoms with Gasteiger partial charge in [0, 0.05) is 0 Å². The molecular weight excluding hydrogens is 503 g/mol. The Morgan fingerprint density at radius 2 is 1.24 bits per heavy atom. The van der Waals surface area contributed by atoms with Crippen LogP contribution in [0.2, 0.25) is 0 Å². The van der Waals surface area contributed by atoms with Crippen LogP contribution in [0.1, 0.15) is 123 Å². The molecule has 0 radical (unpaired) electrons. The van der Waals surface area contributed by atoms with Crippen molar-refractivity contribution in [2.75, 3.05) is 0 Å². The van der Waals surface area contributed by atoms with Crippen LogP contribution in [-0.4, -0.2) is 35.3 Å². The Balaban J connectivity index is 0. The monoisotopic (exact) mass is 550 g/mol. The largest absolute Gasteiger partial charge is 1.00 e. The summed E-state index contributed by atoms with van der Waals surface area (Å²) in [6, 6.07) is 6.80. The van der Waals surface area contributed by atoms with Crippen molar-refractivity contribution in [3.63, 3.8) is 0 Å². The van der Waals surface area contributed by atoms with Crippen LogP contribution in [0.5, 0.6) is 5.75 Å². The summed E-state index contributed by atoms with van der Waals surface area (Å²) in [5.74, 6) is -2.61. The second kappa shape index (κ2) is 21.9. The van der Waals surface area contributed by atoms with E-state index in [9.17, 15) is 22.6 Å². The number of aryl methyl sites for hydroxylation is 1. The number of unbranched alkanes of at least 4 members (excludes halogenated alkanes) is 15. The van der Waals surface area contributed by atoms with Gasteiger partial charge in [-0.1, -0.05) is 121 Å². The first kappa shape index (κ1) is 36.1. The van der Waals surface area contributed by atoms with Crippen LogP contribution in [0.4, 0.5) is 0 Å². The average Bonchev–Trinajstić information content (AvgIpc) is 2.82. The van der Waals surface area contributed by atoms with E-state index in [0.29, 0.717) is 6.42 Å². The fourth-order valence-corrected chi connectivity index (χ4v) is 4.96. The average molecular weight is 551 g/mol. The van der Waals surface area contributed by atoms with Crippen molar-refractivity contribution in [3.8, 4) is 5.75 Å². The number of hydrogen-bond acceptors (Lipinski definition) is 5. The Morgan fingerprint density at radius 1 is 0.811 bits per heavy atom. The minimum absolute atomic E-state index is 0. The van der Waals surface area contributed by atoms with Gasteiger partial charge in [0.05, 0.1) is 6.42 Å². The summed E-state index contributed by atoms with van der Waals surface area (Å²) < 4.78 is 37.2. The van der Waals surface area contributed by atoms with Gasteiger partial charge in [0.1, 0.15) is 5.75 Å². The van der Waals surface area contributed by atoms with E-state index in [1.807, 2.05) is 0 Å². The first-order chi connectivity index (χ1) is 17.3. The zero-order valence-electron chi connectivity index (χ0n) is 24.0. The molecule has 1 atom stereocenters. The smallest absolute Gasteiger partial charge is 1.00 e. The molecule has 0 aliphatic rings. The van der Waals surface area contributed by atoms with Gasteiger partial charge in [-0.2, -0.15) is 8.42 Å². The van der Waals surface area contributed by atoms with Crippen LogP contribution in [0.25, 0.3) is 0 Å². The zero-order valence-corrected chi connectivity index (χ0v) is 25.8. The van der Waals surface area contributed by atoms with Crippen molar-refractivity contribution in [2.45, 2.75) is 128 Å². The van der Waals surface area contributed by atoms with E-state index in [1.165, 1.54) is 83.5 Å². The molecular formula is C28H47NaO7S. The summed E-state index contributed by atoms with van der Waals surface area (Å²) in [6.45, 7) is 2.25. The van der Waals surface area contributed by atoms with Crippen molar-refractivity contribution in [3.05, 3.63) is 29.8 Å². The molecule has 2 N–H and O–H groups in total. The van der Waals surface area contributed by atoms with E-state index in [-0.39, 0.29) is 36.7 Å². The molecule has 0 bridgehead atoms. The van der Waals surface area contributed by atoms with Crippen LogP contribution in [-0.2, 0) is 26.1 Å². The molecule has 0 aromatic heterocycles. The third-order valence-corrected chi connectivity index (χ3v) is 7.54. The Kier molecular flexibility index (Phi) is 21.4. The number of benzene rings is 1. The summed E-state index contributed by atoms with van der Waals surface area (Å²) in [5, 5.41) is 6.69. The number of aliphatic carboxylic acids is 1. The maximum Gasteiger partial charge on any atom is 1.00 e. The molecule has 9 heteroatoms. The molecule has 0 spiro atoms. The van der Waals surface area contributed by atoms with Gasteiger partial charge in [0.25, 0.3) is 10.1 Å². The van der Waals surface area contributed by atoms with Crippen LogP contribution in [0.3, 0.4) is 0 Å². The maximum atomic E-state index is 12.2. The second-order valence-corrected chi connectivity index (χ2v) is 11.3. The molecule has 1 aromatic rings. The third kappa shape index (κ3) is 18.1. The van der Waals surface area contributed by atoms with Gasteiger partial charge in [0.15, 0.2) is 5.25 Å². The Morgan fingerprint density at radius 3 is 1.68 bits per heavy atom. The standard InChI is InChI=1S/C28H46O7S.Na.H/c1-2-3-4-5-6-7-8-9-10-11-12-13-14-15-16-17-20-24-21-18-19-22-25(24)35-28(31)26(23-27(29)30)36(32,33)34;;/h18-19,21-22,26H,2-17,20,23H2,1H3,(H,29,30)(H,32,33,34);;/q;+1;-1. The predicted molar refractivity (Wildman–Crippen MR) is 144 cm³/mol. The molecule has 1 rings (SSSR count). The van der Waals surface area contributed by atoms with Crippen LogP contribution in [0, 0.1) is 0 Å². The molecule has 0 saturated heterocycles. The molecule has 0 heterocycles. The quantitative estimate of drug-likeness (QED) is 0.0729. The number of hydrogen-bond donors (Lipinski definition) is 2. The predicted octanol–water partition coefficient (Wildman–Crippen LogP) is 4.24. The molecule has 0 aliphatic carbocycles. The number of ether oxygens (including phenoxy) is 1. The van der Waals surface area contributed by atoms with Crippen molar-refractivity contribution >= 4 is 22.1 Å². The molecule has 7 nitrogen and oxygen atoms in total. The van der Waals surface area contributed by atoms with Gasteiger partial charge >= 0.3 is 41.5 Å². The molecule has 0 saturated carbocycles. The molecule has 1 unspecified atom stereocenters. The molecule has 0 aliphatic heterocycles. The van der Waals surface area contributed by atoms with E-state index in [1.54, 1.807) is 24.3 Å². The van der Waals surface area contributed by atoms with Gasteiger partial charge in [0.2, 0.25) is 0 Å². The summed E-state index contributed by atoms with van der Waals surface area (Å²) in [5.41, 5.74) is 0.751.